The fourth-order valence-electron chi connectivity index (χ4n) is 2.17. The van der Waals surface area contributed by atoms with Gasteiger partial charge in [-0.3, -0.25) is 19.1 Å². The summed E-state index contributed by atoms with van der Waals surface area (Å²) in [4.78, 5) is 37.3. The smallest absolute Gasteiger partial charge is 0.330 e. The van der Waals surface area contributed by atoms with Crippen LogP contribution >= 0.6 is 0 Å². The van der Waals surface area contributed by atoms with Crippen molar-refractivity contribution in [3.63, 3.8) is 0 Å². The van der Waals surface area contributed by atoms with Gasteiger partial charge >= 0.3 is 5.69 Å². The minimum Gasteiger partial charge on any atom is -0.394 e. The number of carbonyl (C=O) groups is 1. The Balaban J connectivity index is 2.41. The second-order valence-corrected chi connectivity index (χ2v) is 4.69. The van der Waals surface area contributed by atoms with Gasteiger partial charge in [0.2, 0.25) is 0 Å². The first-order chi connectivity index (χ1) is 9.97. The molecule has 1 aromatic heterocycles. The van der Waals surface area contributed by atoms with Crippen LogP contribution in [0, 0.1) is 0 Å². The average Bonchev–Trinajstić information content (AvgIpc) is 2.80. The molecule has 0 aliphatic carbocycles. The standard InChI is InChI=1S/C13H16N2O6/c1-2-3-8(17)7-5-15(13(20)14-12(7)19)11-4-9(18)10(6-16)21-11/h2-3,5,9-11,16,18H,4,6H2,1H3,(H,14,19,20)/t9-,10+,11+/m0/s1. The van der Waals surface area contributed by atoms with Crippen LogP contribution in [-0.4, -0.2) is 44.4 Å². The van der Waals surface area contributed by atoms with Gasteiger partial charge in [0.25, 0.3) is 5.56 Å². The van der Waals surface area contributed by atoms with E-state index < -0.39 is 35.5 Å². The molecule has 0 bridgehead atoms. The van der Waals surface area contributed by atoms with E-state index in [0.717, 1.165) is 10.8 Å². The lowest BCUT2D eigenvalue weighted by Crippen LogP contribution is -2.35. The third kappa shape index (κ3) is 3.02. The summed E-state index contributed by atoms with van der Waals surface area (Å²) >= 11 is 0. The zero-order chi connectivity index (χ0) is 15.6. The lowest BCUT2D eigenvalue weighted by atomic mass is 10.2. The van der Waals surface area contributed by atoms with Crippen molar-refractivity contribution in [1.82, 2.24) is 9.55 Å². The lowest BCUT2D eigenvalue weighted by Gasteiger charge is -2.14. The summed E-state index contributed by atoms with van der Waals surface area (Å²) in [6, 6.07) is 0. The van der Waals surface area contributed by atoms with Gasteiger partial charge in [0, 0.05) is 12.6 Å². The Morgan fingerprint density at radius 3 is 2.86 bits per heavy atom. The second kappa shape index (κ2) is 6.17. The molecule has 8 heteroatoms. The van der Waals surface area contributed by atoms with Gasteiger partial charge in [-0.25, -0.2) is 4.79 Å². The molecule has 0 unspecified atom stereocenters. The molecule has 2 heterocycles. The van der Waals surface area contributed by atoms with Gasteiger partial charge in [0.15, 0.2) is 5.78 Å². The number of aromatic nitrogens is 2. The number of hydrogen-bond acceptors (Lipinski definition) is 6. The molecule has 0 radical (unpaired) electrons. The van der Waals surface area contributed by atoms with Crippen LogP contribution in [0.15, 0.2) is 27.9 Å². The van der Waals surface area contributed by atoms with Crippen LogP contribution < -0.4 is 11.2 Å². The van der Waals surface area contributed by atoms with Crippen LogP contribution in [0.4, 0.5) is 0 Å². The van der Waals surface area contributed by atoms with Crippen molar-refractivity contribution in [3.05, 3.63) is 44.8 Å². The molecule has 1 aliphatic rings. The van der Waals surface area contributed by atoms with Crippen molar-refractivity contribution >= 4 is 5.78 Å². The number of rotatable bonds is 4. The van der Waals surface area contributed by atoms with Crippen molar-refractivity contribution in [2.24, 2.45) is 0 Å². The monoisotopic (exact) mass is 296 g/mol. The van der Waals surface area contributed by atoms with Crippen molar-refractivity contribution in [1.29, 1.82) is 0 Å². The first-order valence-electron chi connectivity index (χ1n) is 6.44. The quantitative estimate of drug-likeness (QED) is 0.481. The molecule has 3 atom stereocenters. The van der Waals surface area contributed by atoms with Crippen LogP contribution in [0.1, 0.15) is 29.9 Å². The van der Waals surface area contributed by atoms with Crippen LogP contribution in [0.25, 0.3) is 0 Å². The number of aromatic amines is 1. The second-order valence-electron chi connectivity index (χ2n) is 4.69. The largest absolute Gasteiger partial charge is 0.394 e. The summed E-state index contributed by atoms with van der Waals surface area (Å²) in [5.74, 6) is -0.537. The summed E-state index contributed by atoms with van der Waals surface area (Å²) in [6.07, 6.45) is 1.31. The number of ether oxygens (including phenoxy) is 1. The molecule has 8 nitrogen and oxygen atoms in total. The van der Waals surface area contributed by atoms with E-state index in [1.54, 1.807) is 6.92 Å². The van der Waals surface area contributed by atoms with Crippen molar-refractivity contribution in [2.45, 2.75) is 31.8 Å². The summed E-state index contributed by atoms with van der Waals surface area (Å²) in [7, 11) is 0. The fourth-order valence-corrected chi connectivity index (χ4v) is 2.17. The molecule has 0 amide bonds. The summed E-state index contributed by atoms with van der Waals surface area (Å²) in [5.41, 5.74) is -1.72. The van der Waals surface area contributed by atoms with E-state index in [-0.39, 0.29) is 18.6 Å². The highest BCUT2D eigenvalue weighted by atomic mass is 16.5. The van der Waals surface area contributed by atoms with Gasteiger partial charge in [-0.05, 0) is 13.0 Å². The van der Waals surface area contributed by atoms with Crippen molar-refractivity contribution in [2.75, 3.05) is 6.61 Å². The molecule has 0 aromatic carbocycles. The molecular formula is C13H16N2O6. The Kier molecular flexibility index (Phi) is 4.51. The SMILES string of the molecule is CC=CC(=O)c1cn([C@H]2C[C@H](O)[C@@H](CO)O2)c(=O)[nH]c1=O. The van der Waals surface area contributed by atoms with E-state index in [4.69, 9.17) is 9.84 Å². The number of carbonyl (C=O) groups excluding carboxylic acids is 1. The molecular weight excluding hydrogens is 280 g/mol. The van der Waals surface area contributed by atoms with E-state index in [0.29, 0.717) is 0 Å². The van der Waals surface area contributed by atoms with Crippen molar-refractivity contribution < 1.29 is 19.7 Å². The summed E-state index contributed by atoms with van der Waals surface area (Å²) < 4.78 is 6.37. The van der Waals surface area contributed by atoms with Crippen LogP contribution in [0.3, 0.4) is 0 Å². The Labute approximate surface area is 119 Å². The molecule has 114 valence electrons. The Morgan fingerprint density at radius 1 is 1.57 bits per heavy atom. The van der Waals surface area contributed by atoms with E-state index in [9.17, 15) is 19.5 Å². The number of hydrogen-bond donors (Lipinski definition) is 3. The Bertz CT molecular complexity index is 674. The van der Waals surface area contributed by atoms with Crippen LogP contribution in [0.5, 0.6) is 0 Å². The molecule has 1 aromatic rings. The van der Waals surface area contributed by atoms with E-state index >= 15 is 0 Å². The van der Waals surface area contributed by atoms with E-state index in [1.165, 1.54) is 12.2 Å². The molecule has 1 aliphatic heterocycles. The number of ketones is 1. The molecule has 2 rings (SSSR count). The third-order valence-electron chi connectivity index (χ3n) is 3.25. The maximum absolute atomic E-state index is 11.8. The van der Waals surface area contributed by atoms with Gasteiger partial charge in [0.1, 0.15) is 17.9 Å². The van der Waals surface area contributed by atoms with Gasteiger partial charge in [-0.15, -0.1) is 0 Å². The summed E-state index contributed by atoms with van der Waals surface area (Å²) in [5, 5.41) is 18.7. The first kappa shape index (κ1) is 15.4. The first-order valence-corrected chi connectivity index (χ1v) is 6.44. The third-order valence-corrected chi connectivity index (χ3v) is 3.25. The highest BCUT2D eigenvalue weighted by molar-refractivity contribution is 6.03. The van der Waals surface area contributed by atoms with Gasteiger partial charge in [-0.1, -0.05) is 6.08 Å². The minimum atomic E-state index is -0.923. The molecule has 1 fully saturated rings. The van der Waals surface area contributed by atoms with E-state index in [1.807, 2.05) is 4.98 Å². The highest BCUT2D eigenvalue weighted by Gasteiger charge is 2.35. The topological polar surface area (TPSA) is 122 Å². The fraction of sp³-hybridized carbons (Fsp3) is 0.462. The number of aliphatic hydroxyl groups is 2. The van der Waals surface area contributed by atoms with Gasteiger partial charge in [-0.2, -0.15) is 0 Å². The molecule has 3 N–H and O–H groups in total. The highest BCUT2D eigenvalue weighted by Crippen LogP contribution is 2.27. The number of nitrogens with zero attached hydrogens (tertiary/aromatic N) is 1. The minimum absolute atomic E-state index is 0.0778. The predicted molar refractivity (Wildman–Crippen MR) is 72.1 cm³/mol. The average molecular weight is 296 g/mol. The number of aliphatic hydroxyl groups excluding tert-OH is 2. The zero-order valence-electron chi connectivity index (χ0n) is 11.4. The zero-order valence-corrected chi connectivity index (χ0v) is 11.4. The van der Waals surface area contributed by atoms with Gasteiger partial charge in [0.05, 0.1) is 12.7 Å². The maximum Gasteiger partial charge on any atom is 0.330 e. The molecule has 0 spiro atoms. The molecule has 1 saturated heterocycles. The normalized spacial score (nSPS) is 25.6. The predicted octanol–water partition coefficient (Wildman–Crippen LogP) is -1.06. The van der Waals surface area contributed by atoms with Crippen molar-refractivity contribution in [3.8, 4) is 0 Å². The Morgan fingerprint density at radius 2 is 2.29 bits per heavy atom. The summed E-state index contributed by atoms with van der Waals surface area (Å²) in [6.45, 7) is 1.24. The lowest BCUT2D eigenvalue weighted by molar-refractivity contribution is -0.0459. The van der Waals surface area contributed by atoms with Crippen LogP contribution in [-0.2, 0) is 4.74 Å². The number of H-pyrrole nitrogens is 1. The van der Waals surface area contributed by atoms with Gasteiger partial charge < -0.3 is 14.9 Å². The number of allylic oxidation sites excluding steroid dienone is 2. The number of nitrogens with one attached hydrogen (secondary N) is 1. The maximum atomic E-state index is 11.8. The molecule has 0 saturated carbocycles. The van der Waals surface area contributed by atoms with E-state index in [2.05, 4.69) is 0 Å². The van der Waals surface area contributed by atoms with Crippen LogP contribution in [0.2, 0.25) is 0 Å². The molecule has 21 heavy (non-hydrogen) atoms. The Hall–Kier alpha value is -2.03.